The molecule has 0 radical (unpaired) electrons. The Labute approximate surface area is 129 Å². The van der Waals surface area contributed by atoms with Crippen LogP contribution < -0.4 is 11.1 Å². The summed E-state index contributed by atoms with van der Waals surface area (Å²) in [6.07, 6.45) is 2.37. The van der Waals surface area contributed by atoms with Crippen LogP contribution in [0.5, 0.6) is 0 Å². The van der Waals surface area contributed by atoms with E-state index in [0.29, 0.717) is 18.0 Å². The minimum absolute atomic E-state index is 0.0160. The molecule has 0 aromatic heterocycles. The number of anilines is 1. The third-order valence-corrected chi connectivity index (χ3v) is 4.40. The zero-order valence-corrected chi connectivity index (χ0v) is 12.7. The Kier molecular flexibility index (Phi) is 4.06. The second-order valence-electron chi connectivity index (χ2n) is 6.31. The molecule has 120 valence electrons. The average molecular weight is 307 g/mol. The number of amidine groups is 1. The molecule has 1 aliphatic carbocycles. The van der Waals surface area contributed by atoms with E-state index in [1.807, 2.05) is 6.92 Å². The molecular weight excluding hydrogens is 285 g/mol. The number of nitrogens with one attached hydrogen (secondary N) is 1. The summed E-state index contributed by atoms with van der Waals surface area (Å²) in [7, 11) is 0. The van der Waals surface area contributed by atoms with Gasteiger partial charge < -0.3 is 20.9 Å². The SMILES string of the molecule is CC1(c2cc(NC3CCCC3O)ccc2F)COCC(N)=N1. The van der Waals surface area contributed by atoms with Gasteiger partial charge in [0.25, 0.3) is 0 Å². The lowest BCUT2D eigenvalue weighted by atomic mass is 9.91. The molecule has 22 heavy (non-hydrogen) atoms. The number of halogens is 1. The number of ether oxygens (including phenoxy) is 1. The van der Waals surface area contributed by atoms with Crippen LogP contribution in [0.1, 0.15) is 31.7 Å². The lowest BCUT2D eigenvalue weighted by Crippen LogP contribution is -2.38. The number of aliphatic hydroxyl groups is 1. The molecule has 1 saturated carbocycles. The molecule has 1 heterocycles. The van der Waals surface area contributed by atoms with Gasteiger partial charge in [0.2, 0.25) is 0 Å². The molecule has 1 aliphatic heterocycles. The van der Waals surface area contributed by atoms with E-state index in [1.54, 1.807) is 12.1 Å². The normalized spacial score (nSPS) is 31.9. The van der Waals surface area contributed by atoms with Crippen molar-refractivity contribution in [3.63, 3.8) is 0 Å². The predicted octanol–water partition coefficient (Wildman–Crippen LogP) is 1.75. The summed E-state index contributed by atoms with van der Waals surface area (Å²) in [5.41, 5.74) is 6.15. The summed E-state index contributed by atoms with van der Waals surface area (Å²) < 4.78 is 19.7. The first-order valence-corrected chi connectivity index (χ1v) is 7.64. The zero-order valence-electron chi connectivity index (χ0n) is 12.7. The van der Waals surface area contributed by atoms with Gasteiger partial charge in [-0.05, 0) is 44.4 Å². The zero-order chi connectivity index (χ0) is 15.7. The van der Waals surface area contributed by atoms with E-state index < -0.39 is 5.54 Å². The van der Waals surface area contributed by atoms with E-state index in [-0.39, 0.29) is 24.6 Å². The largest absolute Gasteiger partial charge is 0.391 e. The Morgan fingerprint density at radius 1 is 1.45 bits per heavy atom. The fraction of sp³-hybridized carbons (Fsp3) is 0.562. The molecule has 0 bridgehead atoms. The van der Waals surface area contributed by atoms with Crippen LogP contribution in [-0.2, 0) is 10.3 Å². The first-order valence-electron chi connectivity index (χ1n) is 7.64. The van der Waals surface area contributed by atoms with Gasteiger partial charge in [0.1, 0.15) is 23.8 Å². The van der Waals surface area contributed by atoms with Crippen LogP contribution in [0.4, 0.5) is 10.1 Å². The van der Waals surface area contributed by atoms with Crippen LogP contribution in [0, 0.1) is 5.82 Å². The molecule has 0 saturated heterocycles. The molecule has 0 amide bonds. The molecule has 1 aromatic rings. The summed E-state index contributed by atoms with van der Waals surface area (Å²) in [6.45, 7) is 2.38. The molecule has 2 aliphatic rings. The van der Waals surface area contributed by atoms with E-state index in [9.17, 15) is 9.50 Å². The van der Waals surface area contributed by atoms with Crippen molar-refractivity contribution in [1.29, 1.82) is 0 Å². The minimum Gasteiger partial charge on any atom is -0.391 e. The highest BCUT2D eigenvalue weighted by atomic mass is 19.1. The maximum atomic E-state index is 14.3. The number of nitrogens with two attached hydrogens (primary N) is 1. The molecule has 5 nitrogen and oxygen atoms in total. The number of hydrogen-bond acceptors (Lipinski definition) is 5. The Hall–Kier alpha value is -1.66. The van der Waals surface area contributed by atoms with Gasteiger partial charge in [-0.1, -0.05) is 0 Å². The van der Waals surface area contributed by atoms with Crippen molar-refractivity contribution in [3.05, 3.63) is 29.6 Å². The van der Waals surface area contributed by atoms with Crippen molar-refractivity contribution in [1.82, 2.24) is 0 Å². The summed E-state index contributed by atoms with van der Waals surface area (Å²) in [6, 6.07) is 4.86. The fourth-order valence-electron chi connectivity index (χ4n) is 3.22. The first-order chi connectivity index (χ1) is 10.5. The van der Waals surface area contributed by atoms with Gasteiger partial charge in [-0.2, -0.15) is 0 Å². The molecule has 4 N–H and O–H groups in total. The molecular formula is C16H22FN3O2. The van der Waals surface area contributed by atoms with E-state index in [2.05, 4.69) is 10.3 Å². The van der Waals surface area contributed by atoms with Crippen LogP contribution in [0.15, 0.2) is 23.2 Å². The van der Waals surface area contributed by atoms with Gasteiger partial charge in [-0.15, -0.1) is 0 Å². The third kappa shape index (κ3) is 2.94. The smallest absolute Gasteiger partial charge is 0.129 e. The lowest BCUT2D eigenvalue weighted by Gasteiger charge is -2.31. The first kappa shape index (κ1) is 15.2. The van der Waals surface area contributed by atoms with E-state index in [1.165, 1.54) is 6.07 Å². The molecule has 1 aromatic carbocycles. The highest BCUT2D eigenvalue weighted by Gasteiger charge is 2.33. The van der Waals surface area contributed by atoms with Crippen LogP contribution >= 0.6 is 0 Å². The van der Waals surface area contributed by atoms with Crippen molar-refractivity contribution >= 4 is 11.5 Å². The van der Waals surface area contributed by atoms with Gasteiger partial charge in [0.15, 0.2) is 0 Å². The second kappa shape index (κ2) is 5.85. The minimum atomic E-state index is -0.821. The van der Waals surface area contributed by atoms with Gasteiger partial charge in [0.05, 0.1) is 18.8 Å². The number of hydrogen-bond donors (Lipinski definition) is 3. The fourth-order valence-corrected chi connectivity index (χ4v) is 3.22. The highest BCUT2D eigenvalue weighted by molar-refractivity contribution is 5.82. The van der Waals surface area contributed by atoms with Gasteiger partial charge >= 0.3 is 0 Å². The molecule has 1 fully saturated rings. The van der Waals surface area contributed by atoms with Crippen LogP contribution in [0.3, 0.4) is 0 Å². The second-order valence-corrected chi connectivity index (χ2v) is 6.31. The van der Waals surface area contributed by atoms with Gasteiger partial charge in [0, 0.05) is 11.3 Å². The van der Waals surface area contributed by atoms with Gasteiger partial charge in [-0.3, -0.25) is 4.99 Å². The number of rotatable bonds is 3. The van der Waals surface area contributed by atoms with E-state index in [4.69, 9.17) is 10.5 Å². The maximum Gasteiger partial charge on any atom is 0.129 e. The molecule has 3 rings (SSSR count). The quantitative estimate of drug-likeness (QED) is 0.795. The van der Waals surface area contributed by atoms with Crippen molar-refractivity contribution in [3.8, 4) is 0 Å². The monoisotopic (exact) mass is 307 g/mol. The number of aliphatic hydroxyl groups excluding tert-OH is 1. The molecule has 0 spiro atoms. The van der Waals surface area contributed by atoms with Crippen LogP contribution in [0.25, 0.3) is 0 Å². The Morgan fingerprint density at radius 3 is 2.95 bits per heavy atom. The number of nitrogens with zero attached hydrogens (tertiary/aromatic N) is 1. The molecule has 3 unspecified atom stereocenters. The van der Waals surface area contributed by atoms with Crippen molar-refractivity contribution < 1.29 is 14.2 Å². The third-order valence-electron chi connectivity index (χ3n) is 4.40. The van der Waals surface area contributed by atoms with Crippen LogP contribution in [0.2, 0.25) is 0 Å². The van der Waals surface area contributed by atoms with Gasteiger partial charge in [-0.25, -0.2) is 4.39 Å². The van der Waals surface area contributed by atoms with E-state index in [0.717, 1.165) is 24.9 Å². The summed E-state index contributed by atoms with van der Waals surface area (Å²) in [4.78, 5) is 4.39. The van der Waals surface area contributed by atoms with Crippen LogP contribution in [-0.4, -0.2) is 36.3 Å². The van der Waals surface area contributed by atoms with Crippen molar-refractivity contribution in [2.24, 2.45) is 10.7 Å². The standard InChI is InChI=1S/C16H22FN3O2/c1-16(9-22-8-15(18)20-16)11-7-10(5-6-12(11)17)19-13-3-2-4-14(13)21/h5-7,13-14,19,21H,2-4,8-9H2,1H3,(H2,18,20). The summed E-state index contributed by atoms with van der Waals surface area (Å²) >= 11 is 0. The highest BCUT2D eigenvalue weighted by Crippen LogP contribution is 2.33. The number of aliphatic imine (C=N–C) groups is 1. The van der Waals surface area contributed by atoms with E-state index >= 15 is 0 Å². The summed E-state index contributed by atoms with van der Waals surface area (Å²) in [5.74, 6) is 0.0415. The molecule has 3 atom stereocenters. The van der Waals surface area contributed by atoms with Crippen molar-refractivity contribution in [2.45, 2.75) is 43.9 Å². The molecule has 6 heteroatoms. The average Bonchev–Trinajstić information content (AvgIpc) is 2.86. The topological polar surface area (TPSA) is 79.9 Å². The Morgan fingerprint density at radius 2 is 2.27 bits per heavy atom. The number of benzene rings is 1. The maximum absolute atomic E-state index is 14.3. The Bertz CT molecular complexity index is 593. The Balaban J connectivity index is 1.88. The van der Waals surface area contributed by atoms with Crippen molar-refractivity contribution in [2.75, 3.05) is 18.5 Å². The predicted molar refractivity (Wildman–Crippen MR) is 83.5 cm³/mol. The summed E-state index contributed by atoms with van der Waals surface area (Å²) in [5, 5.41) is 13.2. The lowest BCUT2D eigenvalue weighted by molar-refractivity contribution is 0.104.